The van der Waals surface area contributed by atoms with Gasteiger partial charge in [-0.1, -0.05) is 60.7 Å². The predicted octanol–water partition coefficient (Wildman–Crippen LogP) is 6.37. The number of benzene rings is 4. The topological polar surface area (TPSA) is 138 Å². The summed E-state index contributed by atoms with van der Waals surface area (Å²) in [6, 6.07) is 24.3. The molecule has 0 aliphatic carbocycles. The monoisotopic (exact) mass is 596 g/mol. The standard InChI is InChI=1S/2C17H14O5/c2*1-20-14-9-13-15(16(19)17(14)21-2)11(18)8-12(22-13)10-6-4-3-5-7-10/h2*3-9,19H,1-2H3. The van der Waals surface area contributed by atoms with Gasteiger partial charge in [0.05, 0.1) is 28.4 Å². The molecule has 10 heteroatoms. The van der Waals surface area contributed by atoms with Crippen molar-refractivity contribution in [1.82, 2.24) is 0 Å². The van der Waals surface area contributed by atoms with E-state index in [1.54, 1.807) is 0 Å². The lowest BCUT2D eigenvalue weighted by molar-refractivity contribution is 0.334. The second-order valence-electron chi connectivity index (χ2n) is 9.35. The summed E-state index contributed by atoms with van der Waals surface area (Å²) in [5, 5.41) is 20.6. The van der Waals surface area contributed by atoms with E-state index < -0.39 is 0 Å². The molecule has 224 valence electrons. The predicted molar refractivity (Wildman–Crippen MR) is 165 cm³/mol. The number of rotatable bonds is 6. The number of hydrogen-bond donors (Lipinski definition) is 2. The number of hydrogen-bond acceptors (Lipinski definition) is 10. The van der Waals surface area contributed by atoms with E-state index in [2.05, 4.69) is 0 Å². The van der Waals surface area contributed by atoms with Gasteiger partial charge in [0, 0.05) is 35.4 Å². The number of aromatic hydroxyl groups is 2. The molecule has 2 N–H and O–H groups in total. The van der Waals surface area contributed by atoms with Crippen LogP contribution < -0.4 is 29.8 Å². The summed E-state index contributed by atoms with van der Waals surface area (Å²) < 4.78 is 32.0. The van der Waals surface area contributed by atoms with Gasteiger partial charge in [-0.05, 0) is 0 Å². The molecule has 0 radical (unpaired) electrons. The highest BCUT2D eigenvalue weighted by Gasteiger charge is 2.20. The normalized spacial score (nSPS) is 10.6. The van der Waals surface area contributed by atoms with Gasteiger partial charge >= 0.3 is 0 Å². The molecule has 2 heterocycles. The zero-order chi connectivity index (χ0) is 31.4. The maximum atomic E-state index is 12.3. The molecule has 0 saturated heterocycles. The van der Waals surface area contributed by atoms with Gasteiger partial charge in [0.15, 0.2) is 33.9 Å². The fourth-order valence-electron chi connectivity index (χ4n) is 4.71. The van der Waals surface area contributed by atoms with E-state index in [1.165, 1.54) is 52.7 Å². The van der Waals surface area contributed by atoms with Gasteiger partial charge in [0.1, 0.15) is 33.5 Å². The molecular formula is C34H28O10. The third-order valence-corrected chi connectivity index (χ3v) is 6.79. The first kappa shape index (κ1) is 29.6. The highest BCUT2D eigenvalue weighted by Crippen LogP contribution is 2.43. The third-order valence-electron chi connectivity index (χ3n) is 6.79. The zero-order valence-corrected chi connectivity index (χ0v) is 24.2. The highest BCUT2D eigenvalue weighted by atomic mass is 16.5. The summed E-state index contributed by atoms with van der Waals surface area (Å²) in [5.41, 5.74) is 1.33. The van der Waals surface area contributed by atoms with Crippen molar-refractivity contribution in [3.63, 3.8) is 0 Å². The molecule has 0 atom stereocenters. The van der Waals surface area contributed by atoms with E-state index in [0.717, 1.165) is 11.1 Å². The first-order valence-corrected chi connectivity index (χ1v) is 13.3. The van der Waals surface area contributed by atoms with Crippen LogP contribution in [0.4, 0.5) is 0 Å². The molecule has 10 nitrogen and oxygen atoms in total. The number of ether oxygens (including phenoxy) is 4. The largest absolute Gasteiger partial charge is 0.504 e. The summed E-state index contributed by atoms with van der Waals surface area (Å²) in [6.45, 7) is 0. The molecule has 2 aromatic heterocycles. The zero-order valence-electron chi connectivity index (χ0n) is 24.2. The molecule has 0 fully saturated rings. The Morgan fingerprint density at radius 2 is 0.886 bits per heavy atom. The Labute approximate surface area is 250 Å². The first-order chi connectivity index (χ1) is 21.3. The van der Waals surface area contributed by atoms with Crippen LogP contribution in [0.1, 0.15) is 0 Å². The first-order valence-electron chi connectivity index (χ1n) is 13.3. The van der Waals surface area contributed by atoms with Crippen molar-refractivity contribution in [2.24, 2.45) is 0 Å². The molecule has 44 heavy (non-hydrogen) atoms. The maximum Gasteiger partial charge on any atom is 0.204 e. The smallest absolute Gasteiger partial charge is 0.204 e. The molecule has 6 rings (SSSR count). The van der Waals surface area contributed by atoms with Crippen LogP contribution in [0.25, 0.3) is 44.6 Å². The third kappa shape index (κ3) is 5.48. The van der Waals surface area contributed by atoms with Gasteiger partial charge in [0.25, 0.3) is 0 Å². The lowest BCUT2D eigenvalue weighted by Gasteiger charge is -2.11. The van der Waals surface area contributed by atoms with Crippen LogP contribution in [0.5, 0.6) is 34.5 Å². The molecule has 0 spiro atoms. The molecule has 0 unspecified atom stereocenters. The Hall–Kier alpha value is -5.90. The minimum atomic E-state index is -0.349. The Morgan fingerprint density at radius 3 is 1.20 bits per heavy atom. The summed E-state index contributed by atoms with van der Waals surface area (Å²) in [4.78, 5) is 24.7. The van der Waals surface area contributed by atoms with Crippen molar-refractivity contribution in [3.8, 4) is 57.1 Å². The minimum absolute atomic E-state index is 0.0670. The van der Waals surface area contributed by atoms with Crippen molar-refractivity contribution >= 4 is 21.9 Å². The van der Waals surface area contributed by atoms with E-state index in [-0.39, 0.29) is 55.8 Å². The van der Waals surface area contributed by atoms with Crippen LogP contribution in [0.2, 0.25) is 0 Å². The number of methoxy groups -OCH3 is 4. The van der Waals surface area contributed by atoms with Crippen LogP contribution in [0.3, 0.4) is 0 Å². The lowest BCUT2D eigenvalue weighted by atomic mass is 10.1. The van der Waals surface area contributed by atoms with E-state index in [1.807, 2.05) is 60.7 Å². The Bertz CT molecular complexity index is 1910. The van der Waals surface area contributed by atoms with Crippen molar-refractivity contribution in [1.29, 1.82) is 0 Å². The van der Waals surface area contributed by atoms with Gasteiger partial charge in [-0.15, -0.1) is 0 Å². The van der Waals surface area contributed by atoms with Crippen LogP contribution in [-0.4, -0.2) is 38.7 Å². The molecule has 0 aliphatic rings. The summed E-state index contributed by atoms with van der Waals surface area (Å²) >= 11 is 0. The van der Waals surface area contributed by atoms with Crippen LogP contribution in [0.15, 0.2) is 103 Å². The average molecular weight is 597 g/mol. The molecule has 0 amide bonds. The molecule has 0 bridgehead atoms. The van der Waals surface area contributed by atoms with Gasteiger partial charge in [-0.3, -0.25) is 9.59 Å². The van der Waals surface area contributed by atoms with E-state index >= 15 is 0 Å². The van der Waals surface area contributed by atoms with Crippen LogP contribution in [-0.2, 0) is 0 Å². The van der Waals surface area contributed by atoms with Gasteiger partial charge in [-0.25, -0.2) is 0 Å². The van der Waals surface area contributed by atoms with E-state index in [4.69, 9.17) is 27.8 Å². The molecule has 0 saturated carbocycles. The molecule has 0 aliphatic heterocycles. The van der Waals surface area contributed by atoms with Crippen molar-refractivity contribution in [3.05, 3.63) is 105 Å². The summed E-state index contributed by atoms with van der Waals surface area (Å²) in [7, 11) is 5.68. The van der Waals surface area contributed by atoms with E-state index in [0.29, 0.717) is 23.0 Å². The number of fused-ring (bicyclic) bond motifs is 2. The van der Waals surface area contributed by atoms with Gasteiger partial charge < -0.3 is 38.0 Å². The molecule has 4 aromatic carbocycles. The fraction of sp³-hybridized carbons (Fsp3) is 0.118. The van der Waals surface area contributed by atoms with Gasteiger partial charge in [-0.2, -0.15) is 0 Å². The average Bonchev–Trinajstić information content (AvgIpc) is 3.05. The lowest BCUT2D eigenvalue weighted by Crippen LogP contribution is -2.02. The fourth-order valence-corrected chi connectivity index (χ4v) is 4.71. The van der Waals surface area contributed by atoms with Crippen molar-refractivity contribution in [2.45, 2.75) is 0 Å². The summed E-state index contributed by atoms with van der Waals surface area (Å²) in [5.74, 6) is 1.07. The number of phenols is 2. The van der Waals surface area contributed by atoms with E-state index in [9.17, 15) is 19.8 Å². The Balaban J connectivity index is 0.000000175. The quantitative estimate of drug-likeness (QED) is 0.223. The summed E-state index contributed by atoms with van der Waals surface area (Å²) in [6.07, 6.45) is 0. The van der Waals surface area contributed by atoms with Crippen molar-refractivity contribution in [2.75, 3.05) is 28.4 Å². The highest BCUT2D eigenvalue weighted by molar-refractivity contribution is 5.90. The second kappa shape index (κ2) is 12.5. The maximum absolute atomic E-state index is 12.3. The Kier molecular flexibility index (Phi) is 8.43. The molecule has 6 aromatic rings. The second-order valence-corrected chi connectivity index (χ2v) is 9.35. The minimum Gasteiger partial charge on any atom is -0.504 e. The van der Waals surface area contributed by atoms with Crippen molar-refractivity contribution < 1.29 is 38.0 Å². The number of phenolic OH excluding ortho intramolecular Hbond substituents is 2. The molecular weight excluding hydrogens is 568 g/mol. The SMILES string of the molecule is COc1cc2oc(-c3ccccc3)cc(=O)c2c(O)c1OC.COc1cc2oc(-c3ccccc3)cc(=O)c2c(O)c1OC. The van der Waals surface area contributed by atoms with Crippen LogP contribution >= 0.6 is 0 Å². The van der Waals surface area contributed by atoms with Gasteiger partial charge in [0.2, 0.25) is 11.5 Å². The van der Waals surface area contributed by atoms with Crippen LogP contribution in [0, 0.1) is 0 Å². The Morgan fingerprint density at radius 1 is 0.523 bits per heavy atom.